The number of hydrogen-bond acceptors (Lipinski definition) is 4. The van der Waals surface area contributed by atoms with Gasteiger partial charge < -0.3 is 4.74 Å². The van der Waals surface area contributed by atoms with Gasteiger partial charge in [0, 0.05) is 11.6 Å². The van der Waals surface area contributed by atoms with Crippen molar-refractivity contribution in [3.05, 3.63) is 33.4 Å². The van der Waals surface area contributed by atoms with E-state index in [1.165, 1.54) is 19.2 Å². The van der Waals surface area contributed by atoms with Crippen LogP contribution in [0.2, 0.25) is 0 Å². The van der Waals surface area contributed by atoms with Crippen molar-refractivity contribution in [2.45, 2.75) is 5.88 Å². The molecule has 1 aromatic rings. The van der Waals surface area contributed by atoms with Crippen LogP contribution in [-0.2, 0) is 5.88 Å². The van der Waals surface area contributed by atoms with Gasteiger partial charge in [0.2, 0.25) is 0 Å². The molecule has 1 rings (SSSR count). The zero-order valence-corrected chi connectivity index (χ0v) is 8.61. The molecule has 0 unspecified atom stereocenters. The van der Waals surface area contributed by atoms with Gasteiger partial charge in [-0.2, -0.15) is 5.26 Å². The highest BCUT2D eigenvalue weighted by atomic mass is 35.5. The van der Waals surface area contributed by atoms with E-state index >= 15 is 0 Å². The fourth-order valence-electron chi connectivity index (χ4n) is 1.19. The number of ether oxygens (including phenoxy) is 1. The normalized spacial score (nSPS) is 9.40. The van der Waals surface area contributed by atoms with E-state index in [1.54, 1.807) is 0 Å². The summed E-state index contributed by atoms with van der Waals surface area (Å²) >= 11 is 5.56. The second-order valence-corrected chi connectivity index (χ2v) is 2.96. The fraction of sp³-hybridized carbons (Fsp3) is 0.222. The van der Waals surface area contributed by atoms with E-state index in [0.717, 1.165) is 0 Å². The van der Waals surface area contributed by atoms with E-state index in [-0.39, 0.29) is 28.4 Å². The summed E-state index contributed by atoms with van der Waals surface area (Å²) < 4.78 is 4.84. The quantitative estimate of drug-likeness (QED) is 0.450. The van der Waals surface area contributed by atoms with Crippen LogP contribution in [0.3, 0.4) is 0 Å². The maximum atomic E-state index is 10.7. The average Bonchev–Trinajstić information content (AvgIpc) is 2.26. The number of nitrogens with zero attached hydrogens (tertiary/aromatic N) is 2. The molecule has 0 spiro atoms. The van der Waals surface area contributed by atoms with Crippen molar-refractivity contribution in [2.24, 2.45) is 0 Å². The molecule has 5 nitrogen and oxygen atoms in total. The number of benzene rings is 1. The van der Waals surface area contributed by atoms with Crippen LogP contribution < -0.4 is 4.74 Å². The van der Waals surface area contributed by atoms with Crippen molar-refractivity contribution in [1.82, 2.24) is 0 Å². The van der Waals surface area contributed by atoms with Gasteiger partial charge >= 0.3 is 5.69 Å². The van der Waals surface area contributed by atoms with Crippen molar-refractivity contribution < 1.29 is 9.66 Å². The Morgan fingerprint density at radius 2 is 2.33 bits per heavy atom. The summed E-state index contributed by atoms with van der Waals surface area (Å²) in [6.45, 7) is 0. The van der Waals surface area contributed by atoms with Crippen LogP contribution in [0.5, 0.6) is 5.75 Å². The number of hydrogen-bond donors (Lipinski definition) is 0. The lowest BCUT2D eigenvalue weighted by molar-refractivity contribution is -0.386. The molecule has 0 aliphatic rings. The lowest BCUT2D eigenvalue weighted by Gasteiger charge is -2.05. The predicted molar refractivity (Wildman–Crippen MR) is 53.9 cm³/mol. The van der Waals surface area contributed by atoms with Crippen LogP contribution >= 0.6 is 11.6 Å². The maximum absolute atomic E-state index is 10.7. The Morgan fingerprint density at radius 1 is 1.67 bits per heavy atom. The molecule has 1 aromatic carbocycles. The number of halogens is 1. The molecule has 0 saturated carbocycles. The second-order valence-electron chi connectivity index (χ2n) is 2.69. The van der Waals surface area contributed by atoms with Gasteiger partial charge in [0.1, 0.15) is 0 Å². The average molecular weight is 227 g/mol. The summed E-state index contributed by atoms with van der Waals surface area (Å²) in [6.07, 6.45) is 0. The Labute approximate surface area is 91.0 Å². The molecule has 0 saturated heterocycles. The molecule has 0 atom stereocenters. The van der Waals surface area contributed by atoms with Gasteiger partial charge in [0.15, 0.2) is 5.75 Å². The Hall–Kier alpha value is -1.80. The van der Waals surface area contributed by atoms with Gasteiger partial charge in [-0.25, -0.2) is 0 Å². The van der Waals surface area contributed by atoms with Gasteiger partial charge in [-0.1, -0.05) is 0 Å². The van der Waals surface area contributed by atoms with E-state index in [1.807, 2.05) is 6.07 Å². The number of alkyl halides is 1. The number of nitro groups is 1. The Morgan fingerprint density at radius 3 is 2.73 bits per heavy atom. The standard InChI is InChI=1S/C9H7ClN2O3/c1-15-8-3-6(5-11)2-7(4-10)9(8)12(13)14/h2-3H,4H2,1H3. The molecule has 15 heavy (non-hydrogen) atoms. The summed E-state index contributed by atoms with van der Waals surface area (Å²) in [5.41, 5.74) is 0.372. The van der Waals surface area contributed by atoms with Crippen LogP contribution in [0.15, 0.2) is 12.1 Å². The highest BCUT2D eigenvalue weighted by Crippen LogP contribution is 2.33. The third kappa shape index (κ3) is 2.17. The molecule has 0 bridgehead atoms. The van der Waals surface area contributed by atoms with Gasteiger partial charge in [-0.3, -0.25) is 10.1 Å². The van der Waals surface area contributed by atoms with Crippen LogP contribution in [0.25, 0.3) is 0 Å². The maximum Gasteiger partial charge on any atom is 0.315 e. The van der Waals surface area contributed by atoms with Crippen LogP contribution in [0.4, 0.5) is 5.69 Å². The molecule has 0 amide bonds. The Balaban J connectivity index is 3.48. The molecule has 0 aliphatic heterocycles. The van der Waals surface area contributed by atoms with Crippen molar-refractivity contribution in [2.75, 3.05) is 7.11 Å². The highest BCUT2D eigenvalue weighted by molar-refractivity contribution is 6.17. The topological polar surface area (TPSA) is 76.2 Å². The van der Waals surface area contributed by atoms with Gasteiger partial charge in [0.05, 0.1) is 29.5 Å². The smallest absolute Gasteiger partial charge is 0.315 e. The fourth-order valence-corrected chi connectivity index (χ4v) is 1.40. The molecule has 0 aliphatic carbocycles. The zero-order valence-electron chi connectivity index (χ0n) is 7.86. The zero-order chi connectivity index (χ0) is 11.4. The van der Waals surface area contributed by atoms with Crippen LogP contribution in [0, 0.1) is 21.4 Å². The molecule has 0 aromatic heterocycles. The summed E-state index contributed by atoms with van der Waals surface area (Å²) in [4.78, 5) is 10.2. The predicted octanol–water partition coefficient (Wildman–Crippen LogP) is 2.21. The molecular formula is C9H7ClN2O3. The van der Waals surface area contributed by atoms with E-state index in [2.05, 4.69) is 0 Å². The Kier molecular flexibility index (Phi) is 3.47. The van der Waals surface area contributed by atoms with E-state index in [9.17, 15) is 10.1 Å². The van der Waals surface area contributed by atoms with Crippen molar-refractivity contribution in [3.63, 3.8) is 0 Å². The monoisotopic (exact) mass is 226 g/mol. The second kappa shape index (κ2) is 4.62. The van der Waals surface area contributed by atoms with Gasteiger partial charge in [-0.05, 0) is 6.07 Å². The first-order valence-corrected chi connectivity index (χ1v) is 4.48. The summed E-state index contributed by atoms with van der Waals surface area (Å²) in [5, 5.41) is 19.4. The minimum atomic E-state index is -0.572. The number of nitro benzene ring substituents is 1. The SMILES string of the molecule is COc1cc(C#N)cc(CCl)c1[N+](=O)[O-]. The van der Waals surface area contributed by atoms with Gasteiger partial charge in [-0.15, -0.1) is 11.6 Å². The third-order valence-electron chi connectivity index (χ3n) is 1.83. The number of nitriles is 1. The molecule has 0 N–H and O–H groups in total. The van der Waals surface area contributed by atoms with E-state index in [4.69, 9.17) is 21.6 Å². The molecule has 0 heterocycles. The lowest BCUT2D eigenvalue weighted by atomic mass is 10.1. The van der Waals surface area contributed by atoms with Crippen LogP contribution in [-0.4, -0.2) is 12.0 Å². The first-order valence-electron chi connectivity index (χ1n) is 3.95. The first kappa shape index (κ1) is 11.3. The lowest BCUT2D eigenvalue weighted by Crippen LogP contribution is -1.98. The molecule has 6 heteroatoms. The summed E-state index contributed by atoms with van der Waals surface area (Å²) in [5.74, 6) is 0.0112. The third-order valence-corrected chi connectivity index (χ3v) is 2.12. The van der Waals surface area contributed by atoms with Crippen molar-refractivity contribution in [3.8, 4) is 11.8 Å². The number of methoxy groups -OCH3 is 1. The molecule has 0 fully saturated rings. The molecule has 78 valence electrons. The largest absolute Gasteiger partial charge is 0.490 e. The summed E-state index contributed by atoms with van der Waals surface area (Å²) in [6, 6.07) is 4.58. The van der Waals surface area contributed by atoms with Crippen molar-refractivity contribution in [1.29, 1.82) is 5.26 Å². The molecule has 0 radical (unpaired) electrons. The summed E-state index contributed by atoms with van der Waals surface area (Å²) in [7, 11) is 1.31. The minimum absolute atomic E-state index is 0.0395. The van der Waals surface area contributed by atoms with E-state index < -0.39 is 4.92 Å². The number of rotatable bonds is 3. The van der Waals surface area contributed by atoms with Crippen LogP contribution in [0.1, 0.15) is 11.1 Å². The van der Waals surface area contributed by atoms with Crippen molar-refractivity contribution >= 4 is 17.3 Å². The highest BCUT2D eigenvalue weighted by Gasteiger charge is 2.21. The van der Waals surface area contributed by atoms with Gasteiger partial charge in [0.25, 0.3) is 0 Å². The first-order chi connectivity index (χ1) is 7.13. The molecular weight excluding hydrogens is 220 g/mol. The minimum Gasteiger partial charge on any atom is -0.490 e. The van der Waals surface area contributed by atoms with E-state index in [0.29, 0.717) is 0 Å². The Bertz CT molecular complexity index is 414.